The van der Waals surface area contributed by atoms with Gasteiger partial charge in [0.2, 0.25) is 5.91 Å². The van der Waals surface area contributed by atoms with E-state index < -0.39 is 0 Å². The number of carbonyl (C=O) groups is 1. The van der Waals surface area contributed by atoms with Crippen LogP contribution in [0.2, 0.25) is 0 Å². The second-order valence-electron chi connectivity index (χ2n) is 4.95. The molecule has 1 amide bonds. The van der Waals surface area contributed by atoms with Crippen LogP contribution in [0.4, 0.5) is 0 Å². The molecule has 0 atom stereocenters. The molecule has 0 aromatic carbocycles. The van der Waals surface area contributed by atoms with Crippen LogP contribution in [0, 0.1) is 11.3 Å². The highest BCUT2D eigenvalue weighted by atomic mass is 79.9. The van der Waals surface area contributed by atoms with Crippen LogP contribution in [0.3, 0.4) is 0 Å². The SMILES string of the molecule is CC(C)(CCCBr)CNC(=O)C1CC1. The molecule has 14 heavy (non-hydrogen) atoms. The average molecular weight is 262 g/mol. The molecule has 0 spiro atoms. The summed E-state index contributed by atoms with van der Waals surface area (Å²) in [5, 5.41) is 4.09. The van der Waals surface area contributed by atoms with Crippen molar-refractivity contribution in [3.05, 3.63) is 0 Å². The molecule has 1 aliphatic carbocycles. The topological polar surface area (TPSA) is 29.1 Å². The lowest BCUT2D eigenvalue weighted by Gasteiger charge is -2.24. The molecule has 0 radical (unpaired) electrons. The molecule has 1 fully saturated rings. The summed E-state index contributed by atoms with van der Waals surface area (Å²) in [7, 11) is 0. The van der Waals surface area contributed by atoms with Gasteiger partial charge < -0.3 is 5.32 Å². The predicted octanol–water partition coefficient (Wildman–Crippen LogP) is 2.71. The van der Waals surface area contributed by atoms with Gasteiger partial charge >= 0.3 is 0 Å². The van der Waals surface area contributed by atoms with E-state index in [0.29, 0.717) is 5.92 Å². The van der Waals surface area contributed by atoms with Crippen LogP contribution in [0.5, 0.6) is 0 Å². The van der Waals surface area contributed by atoms with E-state index in [0.717, 1.165) is 31.1 Å². The molecule has 3 heteroatoms. The van der Waals surface area contributed by atoms with Gasteiger partial charge in [-0.1, -0.05) is 29.8 Å². The summed E-state index contributed by atoms with van der Waals surface area (Å²) >= 11 is 3.43. The van der Waals surface area contributed by atoms with Crippen molar-refractivity contribution in [1.82, 2.24) is 5.32 Å². The molecule has 82 valence electrons. The van der Waals surface area contributed by atoms with Gasteiger partial charge in [0.05, 0.1) is 0 Å². The first kappa shape index (κ1) is 12.0. The summed E-state index contributed by atoms with van der Waals surface area (Å²) in [6, 6.07) is 0. The average Bonchev–Trinajstić information content (AvgIpc) is 2.94. The van der Waals surface area contributed by atoms with Gasteiger partial charge in [-0.3, -0.25) is 4.79 Å². The maximum atomic E-state index is 11.4. The first-order chi connectivity index (χ1) is 6.55. The second kappa shape index (κ2) is 5.15. The van der Waals surface area contributed by atoms with Crippen molar-refractivity contribution in [3.63, 3.8) is 0 Å². The monoisotopic (exact) mass is 261 g/mol. The fourth-order valence-corrected chi connectivity index (χ4v) is 1.73. The van der Waals surface area contributed by atoms with E-state index in [2.05, 4.69) is 35.1 Å². The highest BCUT2D eigenvalue weighted by Gasteiger charge is 2.30. The summed E-state index contributed by atoms with van der Waals surface area (Å²) in [5.74, 6) is 0.596. The Kier molecular flexibility index (Phi) is 4.42. The molecular weight excluding hydrogens is 242 g/mol. The van der Waals surface area contributed by atoms with E-state index in [9.17, 15) is 4.79 Å². The van der Waals surface area contributed by atoms with Crippen molar-refractivity contribution in [2.45, 2.75) is 39.5 Å². The molecule has 2 nitrogen and oxygen atoms in total. The Labute approximate surface area is 95.0 Å². The third kappa shape index (κ3) is 4.45. The quantitative estimate of drug-likeness (QED) is 0.733. The minimum atomic E-state index is 0.234. The molecule has 1 N–H and O–H groups in total. The molecule has 0 saturated heterocycles. The van der Waals surface area contributed by atoms with Crippen LogP contribution >= 0.6 is 15.9 Å². The van der Waals surface area contributed by atoms with Gasteiger partial charge in [-0.05, 0) is 31.1 Å². The lowest BCUT2D eigenvalue weighted by Crippen LogP contribution is -2.34. The van der Waals surface area contributed by atoms with Gasteiger partial charge in [-0.2, -0.15) is 0 Å². The Morgan fingerprint density at radius 3 is 2.64 bits per heavy atom. The Balaban J connectivity index is 2.16. The molecule has 0 aromatic heterocycles. The Morgan fingerprint density at radius 1 is 1.50 bits per heavy atom. The van der Waals surface area contributed by atoms with Gasteiger partial charge in [0.15, 0.2) is 0 Å². The Hall–Kier alpha value is -0.0500. The zero-order valence-electron chi connectivity index (χ0n) is 9.11. The number of hydrogen-bond donors (Lipinski definition) is 1. The van der Waals surface area contributed by atoms with Gasteiger partial charge in [0.1, 0.15) is 0 Å². The number of hydrogen-bond acceptors (Lipinski definition) is 1. The van der Waals surface area contributed by atoms with Crippen molar-refractivity contribution < 1.29 is 4.79 Å². The maximum Gasteiger partial charge on any atom is 0.223 e. The van der Waals surface area contributed by atoms with Crippen molar-refractivity contribution in [2.75, 3.05) is 11.9 Å². The maximum absolute atomic E-state index is 11.4. The van der Waals surface area contributed by atoms with Crippen molar-refractivity contribution in [3.8, 4) is 0 Å². The second-order valence-corrected chi connectivity index (χ2v) is 5.74. The van der Waals surface area contributed by atoms with Gasteiger partial charge in [-0.15, -0.1) is 0 Å². The molecule has 1 saturated carbocycles. The first-order valence-electron chi connectivity index (χ1n) is 5.39. The Bertz CT molecular complexity index is 199. The van der Waals surface area contributed by atoms with Crippen LogP contribution in [-0.4, -0.2) is 17.8 Å². The smallest absolute Gasteiger partial charge is 0.223 e. The number of rotatable bonds is 6. The van der Waals surface area contributed by atoms with E-state index in [1.165, 1.54) is 6.42 Å². The number of alkyl halides is 1. The van der Waals surface area contributed by atoms with Crippen molar-refractivity contribution >= 4 is 21.8 Å². The van der Waals surface area contributed by atoms with E-state index in [1.807, 2.05) is 0 Å². The van der Waals surface area contributed by atoms with Crippen LogP contribution in [-0.2, 0) is 4.79 Å². The number of amides is 1. The van der Waals surface area contributed by atoms with Gasteiger partial charge in [-0.25, -0.2) is 0 Å². The number of nitrogens with one attached hydrogen (secondary N) is 1. The van der Waals surface area contributed by atoms with Crippen LogP contribution < -0.4 is 5.32 Å². The lowest BCUT2D eigenvalue weighted by molar-refractivity contribution is -0.122. The van der Waals surface area contributed by atoms with Gasteiger partial charge in [0, 0.05) is 17.8 Å². The molecule has 1 rings (SSSR count). The molecular formula is C11H20BrNO. The number of halogens is 1. The third-order valence-electron chi connectivity index (χ3n) is 2.68. The van der Waals surface area contributed by atoms with Crippen molar-refractivity contribution in [2.24, 2.45) is 11.3 Å². The highest BCUT2D eigenvalue weighted by molar-refractivity contribution is 9.09. The molecule has 0 heterocycles. The summed E-state index contributed by atoms with van der Waals surface area (Å²) < 4.78 is 0. The van der Waals surface area contributed by atoms with Crippen LogP contribution in [0.1, 0.15) is 39.5 Å². The lowest BCUT2D eigenvalue weighted by atomic mass is 9.88. The number of carbonyl (C=O) groups excluding carboxylic acids is 1. The van der Waals surface area contributed by atoms with E-state index >= 15 is 0 Å². The zero-order valence-corrected chi connectivity index (χ0v) is 10.7. The summed E-state index contributed by atoms with van der Waals surface area (Å²) in [6.07, 6.45) is 4.51. The van der Waals surface area contributed by atoms with Crippen molar-refractivity contribution in [1.29, 1.82) is 0 Å². The minimum absolute atomic E-state index is 0.234. The zero-order chi connectivity index (χ0) is 10.6. The minimum Gasteiger partial charge on any atom is -0.355 e. The summed E-state index contributed by atoms with van der Waals surface area (Å²) in [4.78, 5) is 11.4. The van der Waals surface area contributed by atoms with E-state index in [1.54, 1.807) is 0 Å². The van der Waals surface area contributed by atoms with E-state index in [4.69, 9.17) is 0 Å². The molecule has 0 aromatic rings. The normalized spacial score (nSPS) is 16.8. The highest BCUT2D eigenvalue weighted by Crippen LogP contribution is 2.29. The summed E-state index contributed by atoms with van der Waals surface area (Å²) in [5.41, 5.74) is 0.234. The molecule has 0 bridgehead atoms. The van der Waals surface area contributed by atoms with Crippen LogP contribution in [0.25, 0.3) is 0 Å². The molecule has 0 unspecified atom stereocenters. The molecule has 1 aliphatic rings. The fraction of sp³-hybridized carbons (Fsp3) is 0.909. The third-order valence-corrected chi connectivity index (χ3v) is 3.24. The standard InChI is InChI=1S/C11H20BrNO/c1-11(2,6-3-7-12)8-13-10(14)9-4-5-9/h9H,3-8H2,1-2H3,(H,13,14). The van der Waals surface area contributed by atoms with Crippen LogP contribution in [0.15, 0.2) is 0 Å². The van der Waals surface area contributed by atoms with E-state index in [-0.39, 0.29) is 11.3 Å². The largest absolute Gasteiger partial charge is 0.355 e. The summed E-state index contributed by atoms with van der Waals surface area (Å²) in [6.45, 7) is 5.24. The predicted molar refractivity (Wildman–Crippen MR) is 62.5 cm³/mol. The fourth-order valence-electron chi connectivity index (χ4n) is 1.45. The van der Waals surface area contributed by atoms with Gasteiger partial charge in [0.25, 0.3) is 0 Å². The Morgan fingerprint density at radius 2 is 2.14 bits per heavy atom. The molecule has 0 aliphatic heterocycles. The first-order valence-corrected chi connectivity index (χ1v) is 6.51.